The van der Waals surface area contributed by atoms with Crippen LogP contribution in [0.25, 0.3) is 0 Å². The molecule has 0 atom stereocenters. The number of hydrogen-bond donors (Lipinski definition) is 2. The van der Waals surface area contributed by atoms with Crippen LogP contribution in [0.1, 0.15) is 0 Å². The minimum absolute atomic E-state index is 0. The summed E-state index contributed by atoms with van der Waals surface area (Å²) in [6.45, 7) is 0. The van der Waals surface area contributed by atoms with Gasteiger partial charge < -0.3 is 15.5 Å². The molecule has 0 aromatic carbocycles. The van der Waals surface area contributed by atoms with E-state index in [1.807, 2.05) is 0 Å². The van der Waals surface area contributed by atoms with Gasteiger partial charge in [0.25, 0.3) is 0 Å². The van der Waals surface area contributed by atoms with E-state index in [9.17, 15) is 0 Å². The van der Waals surface area contributed by atoms with Gasteiger partial charge in [-0.25, -0.2) is 0 Å². The maximum absolute atomic E-state index is 7.12. The van der Waals surface area contributed by atoms with Crippen molar-refractivity contribution in [1.82, 2.24) is 0 Å². The van der Waals surface area contributed by atoms with E-state index in [4.69, 9.17) is 10.0 Å². The molecule has 0 heterocycles. The third-order valence-electron chi connectivity index (χ3n) is 0. The van der Waals surface area contributed by atoms with Crippen LogP contribution in [0.2, 0.25) is 0 Å². The molecule has 5 heteroatoms. The molecule has 0 rings (SSSR count). The number of rotatable bonds is 0. The summed E-state index contributed by atoms with van der Waals surface area (Å²) in [6, 6.07) is 0. The van der Waals surface area contributed by atoms with Crippen molar-refractivity contribution in [2.24, 2.45) is 0 Å². The first-order valence-electron chi connectivity index (χ1n) is 0.632. The molecule has 0 bridgehead atoms. The molecular formula is H6BNaO3. The van der Waals surface area contributed by atoms with Crippen molar-refractivity contribution in [2.75, 3.05) is 0 Å². The van der Waals surface area contributed by atoms with Gasteiger partial charge >= 0.3 is 37.2 Å². The van der Waals surface area contributed by atoms with E-state index in [2.05, 4.69) is 0 Å². The Hall–Kier alpha value is 0.945. The molecule has 0 spiro atoms. The molecular weight excluding hydrogens is 81.8 g/mol. The first kappa shape index (κ1) is 16.8. The quantitative estimate of drug-likeness (QED) is 0.305. The zero-order valence-corrected chi connectivity index (χ0v) is 2.10. The maximum atomic E-state index is 7.12. The van der Waals surface area contributed by atoms with Gasteiger partial charge in [-0.2, -0.15) is 0 Å². The van der Waals surface area contributed by atoms with Gasteiger partial charge in [0.2, 0.25) is 0 Å². The van der Waals surface area contributed by atoms with E-state index >= 15 is 0 Å². The molecule has 5 heavy (non-hydrogen) atoms. The average Bonchev–Trinajstić information content (AvgIpc) is 0.918. The van der Waals surface area contributed by atoms with E-state index in [1.54, 1.807) is 0 Å². The first-order valence-corrected chi connectivity index (χ1v) is 0.632. The molecule has 3 nitrogen and oxygen atoms in total. The van der Waals surface area contributed by atoms with Crippen molar-refractivity contribution in [3.8, 4) is 0 Å². The predicted molar refractivity (Wildman–Crippen MR) is 22.3 cm³/mol. The fraction of sp³-hybridized carbons (Fsp3) is 0. The summed E-state index contributed by atoms with van der Waals surface area (Å²) in [7, 11) is -0.750. The van der Waals surface area contributed by atoms with Gasteiger partial charge in [0.1, 0.15) is 0 Å². The van der Waals surface area contributed by atoms with Crippen LogP contribution in [0, 0.1) is 0 Å². The van der Waals surface area contributed by atoms with Gasteiger partial charge in [0, 0.05) is 0 Å². The molecule has 0 unspecified atom stereocenters. The van der Waals surface area contributed by atoms with Crippen LogP contribution in [-0.4, -0.2) is 52.8 Å². The Balaban J connectivity index is -0.0000000200. The molecule has 0 saturated carbocycles. The zero-order chi connectivity index (χ0) is 2.71. The second-order valence-electron chi connectivity index (χ2n) is 0.141. The summed E-state index contributed by atoms with van der Waals surface area (Å²) >= 11 is 0. The fourth-order valence-corrected chi connectivity index (χ4v) is 0. The summed E-state index contributed by atoms with van der Waals surface area (Å²) < 4.78 is 0. The molecule has 0 aliphatic carbocycles. The Bertz CT molecular complexity index is 6.85. The zero-order valence-electron chi connectivity index (χ0n) is 2.10. The summed E-state index contributed by atoms with van der Waals surface area (Å²) in [6.07, 6.45) is 0. The Labute approximate surface area is 52.9 Å². The number of hydrogen-bond acceptors (Lipinski definition) is 2. The Morgan fingerprint density at radius 1 is 1.20 bits per heavy atom. The normalized spacial score (nSPS) is 2.80. The topological polar surface area (TPSA) is 72.0 Å². The van der Waals surface area contributed by atoms with E-state index < -0.39 is 7.69 Å². The van der Waals surface area contributed by atoms with Gasteiger partial charge in [-0.3, -0.25) is 0 Å². The molecule has 0 aliphatic heterocycles. The summed E-state index contributed by atoms with van der Waals surface area (Å²) in [5, 5.41) is 14.2. The van der Waals surface area contributed by atoms with Gasteiger partial charge in [-0.1, -0.05) is 0 Å². The summed E-state index contributed by atoms with van der Waals surface area (Å²) in [4.78, 5) is 0. The van der Waals surface area contributed by atoms with Gasteiger partial charge in [0.05, 0.1) is 0 Å². The second-order valence-corrected chi connectivity index (χ2v) is 0.141. The molecule has 0 amide bonds. The van der Waals surface area contributed by atoms with Crippen LogP contribution in [0.5, 0.6) is 0 Å². The Kier molecular flexibility index (Phi) is 68.2. The SMILES string of the molecule is O.OBO.[NaH]. The van der Waals surface area contributed by atoms with Gasteiger partial charge in [-0.05, 0) is 0 Å². The molecule has 0 fully saturated rings. The molecule has 0 radical (unpaired) electrons. The monoisotopic (exact) mass is 88.0 g/mol. The van der Waals surface area contributed by atoms with Crippen molar-refractivity contribution >= 4 is 37.2 Å². The average molecular weight is 87.8 g/mol. The Morgan fingerprint density at radius 3 is 1.20 bits per heavy atom. The molecule has 28 valence electrons. The molecule has 0 saturated heterocycles. The molecule has 0 aromatic heterocycles. The predicted octanol–water partition coefficient (Wildman–Crippen LogP) is -3.24. The van der Waals surface area contributed by atoms with Crippen molar-refractivity contribution in [3.05, 3.63) is 0 Å². The second kappa shape index (κ2) is 20.3. The van der Waals surface area contributed by atoms with Crippen LogP contribution in [0.15, 0.2) is 0 Å². The van der Waals surface area contributed by atoms with Crippen LogP contribution in [0.3, 0.4) is 0 Å². The van der Waals surface area contributed by atoms with E-state index in [0.29, 0.717) is 0 Å². The third-order valence-corrected chi connectivity index (χ3v) is 0. The first-order chi connectivity index (χ1) is 1.41. The van der Waals surface area contributed by atoms with Crippen LogP contribution in [0.4, 0.5) is 0 Å². The summed E-state index contributed by atoms with van der Waals surface area (Å²) in [5.74, 6) is 0. The van der Waals surface area contributed by atoms with E-state index in [1.165, 1.54) is 0 Å². The summed E-state index contributed by atoms with van der Waals surface area (Å²) in [5.41, 5.74) is 0. The van der Waals surface area contributed by atoms with Crippen molar-refractivity contribution in [2.45, 2.75) is 0 Å². The van der Waals surface area contributed by atoms with Gasteiger partial charge in [0.15, 0.2) is 0 Å². The van der Waals surface area contributed by atoms with Gasteiger partial charge in [-0.15, -0.1) is 0 Å². The third kappa shape index (κ3) is 48.0. The fourth-order valence-electron chi connectivity index (χ4n) is 0. The minimum atomic E-state index is -0.750. The van der Waals surface area contributed by atoms with E-state index in [0.717, 1.165) is 0 Å². The van der Waals surface area contributed by atoms with Crippen LogP contribution < -0.4 is 0 Å². The van der Waals surface area contributed by atoms with Crippen molar-refractivity contribution in [3.63, 3.8) is 0 Å². The molecule has 0 aromatic rings. The van der Waals surface area contributed by atoms with Crippen LogP contribution in [-0.2, 0) is 0 Å². The van der Waals surface area contributed by atoms with Crippen LogP contribution >= 0.6 is 0 Å². The van der Waals surface area contributed by atoms with Crippen molar-refractivity contribution < 1.29 is 15.5 Å². The molecule has 0 aliphatic rings. The Morgan fingerprint density at radius 2 is 1.20 bits per heavy atom. The van der Waals surface area contributed by atoms with Crippen molar-refractivity contribution in [1.29, 1.82) is 0 Å². The molecule has 4 N–H and O–H groups in total. The standard InChI is InChI=1S/BH3O2.Na.H2O.H/c2-1-3;;;/h1-3H;;1H2;. The van der Waals surface area contributed by atoms with E-state index in [-0.39, 0.29) is 35.0 Å².